The van der Waals surface area contributed by atoms with Crippen LogP contribution in [0, 0.1) is 0 Å². The molecular formula is C90H60N2O2Si2. The third-order valence-corrected chi connectivity index (χ3v) is 29.9. The summed E-state index contributed by atoms with van der Waals surface area (Å²) in [6.07, 6.45) is 0. The summed E-state index contributed by atoms with van der Waals surface area (Å²) < 4.78 is 19.7. The van der Waals surface area contributed by atoms with E-state index in [1.807, 2.05) is 0 Å². The van der Waals surface area contributed by atoms with Gasteiger partial charge in [-0.2, -0.15) is 0 Å². The van der Waals surface area contributed by atoms with Crippen LogP contribution in [0.3, 0.4) is 0 Å². The van der Waals surface area contributed by atoms with Crippen molar-refractivity contribution in [2.24, 2.45) is 0 Å². The van der Waals surface area contributed by atoms with E-state index in [1.165, 1.54) is 63.0 Å². The standard InChI is InChI=1S/C90H60N2O2Si2/c1-7-30-65(31-8-1)95(66-32-9-2-10-33-66,67-34-11-3-12-35-67)71-50-52-87-79(59-71)81-57-63(91-83-46-23-19-42-73(83)74-43-20-24-47-84(74)91)55-77(89(81)93-87)61-28-27-29-62(54-61)78-56-64(92-85-48-25-21-44-75(85)76-45-22-26-49-86(76)92)58-82-80-60-72(51-53-88(80)94-90(78)82)96(68-36-13-4-14-37-68,69-38-15-5-16-39-69)70-40-17-6-18-41-70/h1-60H. The fraction of sp³-hybridized carbons (Fsp3) is 0. The lowest BCUT2D eigenvalue weighted by Gasteiger charge is -2.34. The zero-order valence-corrected chi connectivity index (χ0v) is 54.4. The van der Waals surface area contributed by atoms with Crippen LogP contribution in [0.1, 0.15) is 0 Å². The van der Waals surface area contributed by atoms with Gasteiger partial charge in [-0.1, -0.05) is 297 Å². The minimum atomic E-state index is -2.95. The largest absolute Gasteiger partial charge is 0.455 e. The summed E-state index contributed by atoms with van der Waals surface area (Å²) in [6.45, 7) is 0. The number of rotatable bonds is 12. The predicted molar refractivity (Wildman–Crippen MR) is 408 cm³/mol. The first-order chi connectivity index (χ1) is 47.6. The maximum Gasteiger partial charge on any atom is 0.179 e. The lowest BCUT2D eigenvalue weighted by atomic mass is 9.95. The van der Waals surface area contributed by atoms with Gasteiger partial charge in [-0.25, -0.2) is 0 Å². The van der Waals surface area contributed by atoms with Crippen LogP contribution >= 0.6 is 0 Å². The molecule has 0 radical (unpaired) electrons. The molecule has 19 aromatic rings. The number of fused-ring (bicyclic) bond motifs is 12. The Bertz CT molecular complexity index is 5520. The van der Waals surface area contributed by atoms with Crippen LogP contribution in [0.5, 0.6) is 0 Å². The maximum absolute atomic E-state index is 7.40. The zero-order valence-electron chi connectivity index (χ0n) is 52.4. The number of benzene rings is 15. The molecule has 0 unspecified atom stereocenters. The molecule has 0 saturated heterocycles. The van der Waals surface area contributed by atoms with E-state index < -0.39 is 16.1 Å². The van der Waals surface area contributed by atoms with Gasteiger partial charge in [0.25, 0.3) is 0 Å². The van der Waals surface area contributed by atoms with Gasteiger partial charge >= 0.3 is 0 Å². The van der Waals surface area contributed by atoms with Crippen LogP contribution < -0.4 is 41.5 Å². The van der Waals surface area contributed by atoms with Gasteiger partial charge in [0.15, 0.2) is 16.1 Å². The molecule has 450 valence electrons. The Morgan fingerprint density at radius 2 is 0.479 bits per heavy atom. The molecule has 96 heavy (non-hydrogen) atoms. The molecule has 0 aliphatic carbocycles. The van der Waals surface area contributed by atoms with Gasteiger partial charge in [0, 0.05) is 65.6 Å². The second kappa shape index (κ2) is 22.3. The molecule has 0 fully saturated rings. The van der Waals surface area contributed by atoms with E-state index in [1.54, 1.807) is 0 Å². The molecule has 0 bridgehead atoms. The van der Waals surface area contributed by atoms with E-state index in [0.29, 0.717) is 0 Å². The number of furan rings is 2. The molecular weight excluding hydrogens is 1200 g/mol. The van der Waals surface area contributed by atoms with Crippen molar-refractivity contribution in [3.63, 3.8) is 0 Å². The molecule has 4 heterocycles. The Hall–Kier alpha value is -12.1. The maximum atomic E-state index is 7.40. The van der Waals surface area contributed by atoms with Crippen molar-refractivity contribution < 1.29 is 8.83 Å². The van der Waals surface area contributed by atoms with Crippen LogP contribution in [0.2, 0.25) is 0 Å². The molecule has 4 aromatic heterocycles. The van der Waals surface area contributed by atoms with Gasteiger partial charge in [0.05, 0.1) is 22.1 Å². The van der Waals surface area contributed by atoms with Crippen molar-refractivity contribution in [2.45, 2.75) is 0 Å². The first-order valence-corrected chi connectivity index (χ1v) is 37.0. The van der Waals surface area contributed by atoms with Crippen LogP contribution in [0.15, 0.2) is 373 Å². The molecule has 0 aliphatic heterocycles. The molecule has 15 aromatic carbocycles. The minimum Gasteiger partial charge on any atom is -0.455 e. The summed E-state index contributed by atoms with van der Waals surface area (Å²) in [5.41, 5.74) is 14.1. The van der Waals surface area contributed by atoms with Crippen LogP contribution in [-0.2, 0) is 0 Å². The first kappa shape index (κ1) is 55.6. The van der Waals surface area contributed by atoms with Crippen LogP contribution in [0.4, 0.5) is 0 Å². The molecule has 0 aliphatic rings. The van der Waals surface area contributed by atoms with Crippen molar-refractivity contribution in [1.29, 1.82) is 0 Å². The SMILES string of the molecule is c1ccc([Si](c2ccccc2)(c2ccccc2)c2ccc3oc4c(-c5cccc(-c6cc(-n7c8ccccc8c8ccccc87)cc7c6oc6ccc([Si](c8ccccc8)(c8ccccc8)c8ccccc8)cc67)c5)cc(-n5c6ccccc6c6ccccc65)cc4c3c2)cc1. The van der Waals surface area contributed by atoms with Gasteiger partial charge in [-0.3, -0.25) is 0 Å². The number of hydrogen-bond acceptors (Lipinski definition) is 2. The van der Waals surface area contributed by atoms with Gasteiger partial charge in [0.1, 0.15) is 22.3 Å². The molecule has 4 nitrogen and oxygen atoms in total. The number of nitrogens with zero attached hydrogens (tertiary/aromatic N) is 2. The normalized spacial score (nSPS) is 12.2. The second-order valence-corrected chi connectivity index (χ2v) is 33.0. The Kier molecular flexibility index (Phi) is 12.9. The van der Waals surface area contributed by atoms with Gasteiger partial charge < -0.3 is 18.0 Å². The highest BCUT2D eigenvalue weighted by molar-refractivity contribution is 7.20. The highest BCUT2D eigenvalue weighted by atomic mass is 28.3. The highest BCUT2D eigenvalue weighted by Crippen LogP contribution is 2.45. The van der Waals surface area contributed by atoms with E-state index in [-0.39, 0.29) is 0 Å². The molecule has 0 amide bonds. The lowest BCUT2D eigenvalue weighted by molar-refractivity contribution is 0.670. The first-order valence-electron chi connectivity index (χ1n) is 33.0. The molecule has 19 rings (SSSR count). The van der Waals surface area contributed by atoms with Gasteiger partial charge in [-0.05, 0) is 119 Å². The zero-order chi connectivity index (χ0) is 63.3. The number of para-hydroxylation sites is 4. The summed E-state index contributed by atoms with van der Waals surface area (Å²) in [6, 6.07) is 135. The fourth-order valence-corrected chi connectivity index (χ4v) is 25.8. The monoisotopic (exact) mass is 1260 g/mol. The van der Waals surface area contributed by atoms with Gasteiger partial charge in [-0.15, -0.1) is 0 Å². The summed E-state index contributed by atoms with van der Waals surface area (Å²) in [4.78, 5) is 0. The van der Waals surface area contributed by atoms with E-state index in [4.69, 9.17) is 8.83 Å². The number of hydrogen-bond donors (Lipinski definition) is 0. The van der Waals surface area contributed by atoms with Gasteiger partial charge in [0.2, 0.25) is 0 Å². The number of aromatic nitrogens is 2. The van der Waals surface area contributed by atoms with Crippen molar-refractivity contribution in [2.75, 3.05) is 0 Å². The Morgan fingerprint density at radius 1 is 0.198 bits per heavy atom. The van der Waals surface area contributed by atoms with Crippen molar-refractivity contribution in [1.82, 2.24) is 9.13 Å². The summed E-state index contributed by atoms with van der Waals surface area (Å²) in [7, 11) is -5.89. The second-order valence-electron chi connectivity index (χ2n) is 25.4. The lowest BCUT2D eigenvalue weighted by Crippen LogP contribution is -2.74. The quantitative estimate of drug-likeness (QED) is 0.0903. The third kappa shape index (κ3) is 8.46. The molecule has 0 atom stereocenters. The molecule has 0 saturated carbocycles. The molecule has 0 spiro atoms. The average molecular weight is 1260 g/mol. The highest BCUT2D eigenvalue weighted by Gasteiger charge is 2.43. The Labute approximate surface area is 557 Å². The summed E-state index contributed by atoms with van der Waals surface area (Å²) in [5, 5.41) is 19.6. The summed E-state index contributed by atoms with van der Waals surface area (Å²) >= 11 is 0. The van der Waals surface area contributed by atoms with Crippen molar-refractivity contribution in [3.05, 3.63) is 364 Å². The Balaban J connectivity index is 0.879. The topological polar surface area (TPSA) is 36.1 Å². The van der Waals surface area contributed by atoms with E-state index in [2.05, 4.69) is 373 Å². The van der Waals surface area contributed by atoms with Crippen molar-refractivity contribution >= 4 is 145 Å². The predicted octanol–water partition coefficient (Wildman–Crippen LogP) is 17.8. The van der Waals surface area contributed by atoms with Crippen molar-refractivity contribution in [3.8, 4) is 33.6 Å². The van der Waals surface area contributed by atoms with Crippen LogP contribution in [-0.4, -0.2) is 25.3 Å². The van der Waals surface area contributed by atoms with E-state index in [0.717, 1.165) is 99.6 Å². The fourth-order valence-electron chi connectivity index (χ4n) is 16.3. The smallest absolute Gasteiger partial charge is 0.179 e. The molecule has 0 N–H and O–H groups in total. The Morgan fingerprint density at radius 3 is 0.781 bits per heavy atom. The molecule has 6 heteroatoms. The van der Waals surface area contributed by atoms with E-state index >= 15 is 0 Å². The average Bonchev–Trinajstić information content (AvgIpc) is 1.52. The van der Waals surface area contributed by atoms with E-state index in [9.17, 15) is 0 Å². The minimum absolute atomic E-state index is 0.832. The summed E-state index contributed by atoms with van der Waals surface area (Å²) in [5.74, 6) is 0. The van der Waals surface area contributed by atoms with Crippen LogP contribution in [0.25, 0.3) is 121 Å². The third-order valence-electron chi connectivity index (χ3n) is 20.4.